The van der Waals surface area contributed by atoms with Gasteiger partial charge in [0.05, 0.1) is 4.90 Å². The van der Waals surface area contributed by atoms with E-state index in [4.69, 9.17) is 0 Å². The molecule has 0 saturated heterocycles. The number of sulfonamides is 1. The predicted octanol–water partition coefficient (Wildman–Crippen LogP) is 3.63. The van der Waals surface area contributed by atoms with Crippen LogP contribution in [0.5, 0.6) is 0 Å². The van der Waals surface area contributed by atoms with Crippen LogP contribution in [0.4, 0.5) is 8.78 Å². The van der Waals surface area contributed by atoms with Crippen molar-refractivity contribution >= 4 is 21.4 Å². The molecular formula is C14H15F2NO2S2. The molecule has 0 atom stereocenters. The fraction of sp³-hybridized carbons (Fsp3) is 0.286. The monoisotopic (exact) mass is 331 g/mol. The molecule has 1 aromatic heterocycles. The molecule has 2 aromatic rings. The number of hydrogen-bond donors (Lipinski definition) is 0. The molecule has 0 spiro atoms. The van der Waals surface area contributed by atoms with Gasteiger partial charge in [-0.1, -0.05) is 6.92 Å². The minimum atomic E-state index is -3.93. The lowest BCUT2D eigenvalue weighted by Gasteiger charge is -2.21. The highest BCUT2D eigenvalue weighted by Crippen LogP contribution is 2.21. The van der Waals surface area contributed by atoms with Gasteiger partial charge >= 0.3 is 0 Å². The van der Waals surface area contributed by atoms with E-state index in [1.54, 1.807) is 0 Å². The molecule has 0 radical (unpaired) electrons. The van der Waals surface area contributed by atoms with Gasteiger partial charge in [0.25, 0.3) is 0 Å². The van der Waals surface area contributed by atoms with Crippen LogP contribution >= 0.6 is 11.3 Å². The highest BCUT2D eigenvalue weighted by atomic mass is 32.2. The Morgan fingerprint density at radius 1 is 1.19 bits per heavy atom. The zero-order valence-electron chi connectivity index (χ0n) is 11.4. The van der Waals surface area contributed by atoms with E-state index in [-0.39, 0.29) is 18.0 Å². The number of benzene rings is 1. The van der Waals surface area contributed by atoms with E-state index >= 15 is 0 Å². The molecule has 1 heterocycles. The van der Waals surface area contributed by atoms with Crippen molar-refractivity contribution < 1.29 is 17.2 Å². The average Bonchev–Trinajstić information content (AvgIpc) is 2.90. The summed E-state index contributed by atoms with van der Waals surface area (Å²) in [7, 11) is -3.93. The smallest absolute Gasteiger partial charge is 0.207 e. The Kier molecular flexibility index (Phi) is 5.08. The third kappa shape index (κ3) is 3.87. The Morgan fingerprint density at radius 2 is 1.86 bits per heavy atom. The first-order valence-electron chi connectivity index (χ1n) is 6.41. The highest BCUT2D eigenvalue weighted by molar-refractivity contribution is 7.89. The fourth-order valence-corrected chi connectivity index (χ4v) is 4.17. The van der Waals surface area contributed by atoms with Gasteiger partial charge < -0.3 is 0 Å². The Hall–Kier alpha value is -1.31. The van der Waals surface area contributed by atoms with Crippen molar-refractivity contribution in [2.24, 2.45) is 0 Å². The lowest BCUT2D eigenvalue weighted by atomic mass is 10.3. The van der Waals surface area contributed by atoms with Crippen molar-refractivity contribution in [3.8, 4) is 0 Å². The van der Waals surface area contributed by atoms with Crippen LogP contribution in [-0.2, 0) is 16.6 Å². The van der Waals surface area contributed by atoms with E-state index in [0.717, 1.165) is 17.7 Å². The largest absolute Gasteiger partial charge is 0.243 e. The van der Waals surface area contributed by atoms with Crippen molar-refractivity contribution in [2.45, 2.75) is 24.8 Å². The zero-order chi connectivity index (χ0) is 15.5. The van der Waals surface area contributed by atoms with E-state index in [9.17, 15) is 17.2 Å². The van der Waals surface area contributed by atoms with Crippen LogP contribution in [0.2, 0.25) is 0 Å². The quantitative estimate of drug-likeness (QED) is 0.810. The number of hydrogen-bond acceptors (Lipinski definition) is 3. The molecule has 0 unspecified atom stereocenters. The van der Waals surface area contributed by atoms with Crippen molar-refractivity contribution in [3.63, 3.8) is 0 Å². The summed E-state index contributed by atoms with van der Waals surface area (Å²) in [5.74, 6) is -1.80. The van der Waals surface area contributed by atoms with Gasteiger partial charge in [-0.25, -0.2) is 17.2 Å². The Balaban J connectivity index is 2.37. The summed E-state index contributed by atoms with van der Waals surface area (Å²) < 4.78 is 52.9. The van der Waals surface area contributed by atoms with Crippen LogP contribution in [0, 0.1) is 11.6 Å². The minimum Gasteiger partial charge on any atom is -0.207 e. The van der Waals surface area contributed by atoms with Crippen LogP contribution in [0.3, 0.4) is 0 Å². The average molecular weight is 331 g/mol. The van der Waals surface area contributed by atoms with Gasteiger partial charge in [0.15, 0.2) is 0 Å². The van der Waals surface area contributed by atoms with Gasteiger partial charge in [0, 0.05) is 19.2 Å². The highest BCUT2D eigenvalue weighted by Gasteiger charge is 2.25. The second kappa shape index (κ2) is 6.64. The number of halogens is 2. The summed E-state index contributed by atoms with van der Waals surface area (Å²) in [4.78, 5) is -0.358. The second-order valence-corrected chi connectivity index (χ2v) is 7.29. The van der Waals surface area contributed by atoms with Crippen LogP contribution in [-0.4, -0.2) is 19.3 Å². The van der Waals surface area contributed by atoms with E-state index in [1.807, 2.05) is 23.8 Å². The number of rotatable bonds is 6. The van der Waals surface area contributed by atoms with Gasteiger partial charge in [-0.3, -0.25) is 0 Å². The lowest BCUT2D eigenvalue weighted by Crippen LogP contribution is -2.31. The van der Waals surface area contributed by atoms with Gasteiger partial charge in [0.1, 0.15) is 11.6 Å². The molecule has 0 aliphatic rings. The Bertz CT molecular complexity index is 680. The number of nitrogens with zero attached hydrogens (tertiary/aromatic N) is 1. The van der Waals surface area contributed by atoms with Gasteiger partial charge in [-0.2, -0.15) is 15.6 Å². The van der Waals surface area contributed by atoms with Crippen LogP contribution in [0.25, 0.3) is 0 Å². The first kappa shape index (κ1) is 16.1. The third-order valence-corrected chi connectivity index (χ3v) is 5.44. The topological polar surface area (TPSA) is 37.4 Å². The maximum atomic E-state index is 13.3. The van der Waals surface area contributed by atoms with Crippen LogP contribution < -0.4 is 0 Å². The van der Waals surface area contributed by atoms with Gasteiger partial charge in [0.2, 0.25) is 10.0 Å². The van der Waals surface area contributed by atoms with Crippen molar-refractivity contribution in [2.75, 3.05) is 6.54 Å². The second-order valence-electron chi connectivity index (χ2n) is 4.58. The standard InChI is InChI=1S/C14H15F2NO2S2/c1-2-4-17(9-11-3-5-20-10-11)21(18,19)14-7-12(15)6-13(16)8-14/h3,5-8,10H,2,4,9H2,1H3. The van der Waals surface area contributed by atoms with Crippen LogP contribution in [0.15, 0.2) is 39.9 Å². The summed E-state index contributed by atoms with van der Waals surface area (Å²) in [6.07, 6.45) is 0.612. The molecule has 0 aliphatic heterocycles. The molecule has 0 aliphatic carbocycles. The van der Waals surface area contributed by atoms with E-state index in [0.29, 0.717) is 12.5 Å². The summed E-state index contributed by atoms with van der Waals surface area (Å²) in [6.45, 7) is 2.33. The maximum Gasteiger partial charge on any atom is 0.243 e. The third-order valence-electron chi connectivity index (χ3n) is 2.89. The maximum absolute atomic E-state index is 13.3. The molecule has 3 nitrogen and oxygen atoms in total. The van der Waals surface area contributed by atoms with E-state index in [1.165, 1.54) is 15.6 Å². The fourth-order valence-electron chi connectivity index (χ4n) is 1.95. The summed E-state index contributed by atoms with van der Waals surface area (Å²) >= 11 is 1.47. The Labute approximate surface area is 126 Å². The molecule has 0 amide bonds. The molecule has 0 N–H and O–H groups in total. The molecule has 0 fully saturated rings. The first-order valence-corrected chi connectivity index (χ1v) is 8.79. The van der Waals surface area contributed by atoms with E-state index in [2.05, 4.69) is 0 Å². The first-order chi connectivity index (χ1) is 9.93. The molecular weight excluding hydrogens is 316 g/mol. The zero-order valence-corrected chi connectivity index (χ0v) is 13.1. The molecule has 0 bridgehead atoms. The SMILES string of the molecule is CCCN(Cc1ccsc1)S(=O)(=O)c1cc(F)cc(F)c1. The summed E-state index contributed by atoms with van der Waals surface area (Å²) in [5, 5.41) is 3.71. The normalized spacial score (nSPS) is 12.0. The van der Waals surface area contributed by atoms with Crippen molar-refractivity contribution in [1.29, 1.82) is 0 Å². The molecule has 114 valence electrons. The lowest BCUT2D eigenvalue weighted by molar-refractivity contribution is 0.405. The summed E-state index contributed by atoms with van der Waals surface area (Å²) in [5.41, 5.74) is 0.855. The van der Waals surface area contributed by atoms with Gasteiger partial charge in [-0.05, 0) is 40.9 Å². The van der Waals surface area contributed by atoms with Crippen LogP contribution in [0.1, 0.15) is 18.9 Å². The minimum absolute atomic E-state index is 0.192. The van der Waals surface area contributed by atoms with Gasteiger partial charge in [-0.15, -0.1) is 0 Å². The van der Waals surface area contributed by atoms with E-state index < -0.39 is 21.7 Å². The van der Waals surface area contributed by atoms with Crippen molar-refractivity contribution in [3.05, 3.63) is 52.2 Å². The number of thiophene rings is 1. The Morgan fingerprint density at radius 3 is 2.38 bits per heavy atom. The molecule has 0 saturated carbocycles. The molecule has 7 heteroatoms. The molecule has 21 heavy (non-hydrogen) atoms. The predicted molar refractivity (Wildman–Crippen MR) is 78.6 cm³/mol. The molecule has 1 aromatic carbocycles. The summed E-state index contributed by atoms with van der Waals surface area (Å²) in [6, 6.07) is 4.17. The van der Waals surface area contributed by atoms with Crippen molar-refractivity contribution in [1.82, 2.24) is 4.31 Å². The molecule has 2 rings (SSSR count).